The molecule has 1 saturated carbocycles. The number of nitrogens with two attached hydrogens (primary N) is 1. The zero-order valence-electron chi connectivity index (χ0n) is 8.27. The minimum Gasteiger partial charge on any atom is -0.391 e. The van der Waals surface area contributed by atoms with Gasteiger partial charge in [-0.05, 0) is 30.4 Å². The molecule has 2 atom stereocenters. The summed E-state index contributed by atoms with van der Waals surface area (Å²) in [5.74, 6) is 0.376. The number of rotatable bonds is 3. The van der Waals surface area contributed by atoms with Crippen LogP contribution in [0.4, 0.5) is 0 Å². The molecule has 0 amide bonds. The van der Waals surface area contributed by atoms with Crippen molar-refractivity contribution in [2.24, 2.45) is 11.7 Å². The first-order valence-electron chi connectivity index (χ1n) is 4.88. The van der Waals surface area contributed by atoms with Crippen LogP contribution >= 0.6 is 24.0 Å². The molecule has 3 N–H and O–H groups in total. The summed E-state index contributed by atoms with van der Waals surface area (Å²) < 4.78 is 0. The van der Waals surface area contributed by atoms with E-state index >= 15 is 0 Å². The van der Waals surface area contributed by atoms with E-state index in [0.717, 1.165) is 18.4 Å². The highest BCUT2D eigenvalue weighted by Gasteiger charge is 2.34. The fourth-order valence-electron chi connectivity index (χ4n) is 1.66. The van der Waals surface area contributed by atoms with Gasteiger partial charge in [-0.3, -0.25) is 0 Å². The van der Waals surface area contributed by atoms with Crippen LogP contribution < -0.4 is 5.73 Å². The predicted molar refractivity (Wildman–Crippen MR) is 64.4 cm³/mol. The quantitative estimate of drug-likeness (QED) is 0.863. The molecular weight excluding hydrogens is 233 g/mol. The lowest BCUT2D eigenvalue weighted by Gasteiger charge is -2.19. The van der Waals surface area contributed by atoms with Gasteiger partial charge in [-0.15, -0.1) is 12.4 Å². The smallest absolute Gasteiger partial charge is 0.0761 e. The fourth-order valence-corrected chi connectivity index (χ4v) is 1.92. The van der Waals surface area contributed by atoms with Crippen LogP contribution in [0.5, 0.6) is 0 Å². The topological polar surface area (TPSA) is 46.2 Å². The minimum absolute atomic E-state index is 0. The van der Waals surface area contributed by atoms with Crippen molar-refractivity contribution in [2.75, 3.05) is 0 Å². The third-order valence-electron chi connectivity index (χ3n) is 2.74. The van der Waals surface area contributed by atoms with Crippen LogP contribution in [0, 0.1) is 5.92 Å². The number of halogens is 2. The Balaban J connectivity index is 0.00000112. The minimum atomic E-state index is -0.449. The molecule has 0 heterocycles. The Labute approximate surface area is 101 Å². The van der Waals surface area contributed by atoms with E-state index in [9.17, 15) is 5.11 Å². The van der Waals surface area contributed by atoms with E-state index in [2.05, 4.69) is 0 Å². The Hall–Kier alpha value is -0.280. The molecule has 1 aliphatic carbocycles. The summed E-state index contributed by atoms with van der Waals surface area (Å²) in [6.07, 6.45) is 1.72. The van der Waals surface area contributed by atoms with E-state index in [1.54, 1.807) is 6.07 Å². The molecule has 0 unspecified atom stereocenters. The van der Waals surface area contributed by atoms with Crippen molar-refractivity contribution in [3.8, 4) is 0 Å². The lowest BCUT2D eigenvalue weighted by atomic mass is 9.99. The number of hydrogen-bond acceptors (Lipinski definition) is 2. The first kappa shape index (κ1) is 12.8. The van der Waals surface area contributed by atoms with Gasteiger partial charge in [0.15, 0.2) is 0 Å². The van der Waals surface area contributed by atoms with Gasteiger partial charge in [-0.2, -0.15) is 0 Å². The zero-order valence-corrected chi connectivity index (χ0v) is 9.84. The number of hydrogen-bond donors (Lipinski definition) is 2. The second kappa shape index (κ2) is 5.17. The average molecular weight is 248 g/mol. The van der Waals surface area contributed by atoms with Gasteiger partial charge in [0.25, 0.3) is 0 Å². The zero-order chi connectivity index (χ0) is 10.1. The molecule has 0 aliphatic heterocycles. The molecule has 2 nitrogen and oxygen atoms in total. The van der Waals surface area contributed by atoms with E-state index < -0.39 is 6.10 Å². The maximum Gasteiger partial charge on any atom is 0.0761 e. The molecule has 0 saturated heterocycles. The fraction of sp³-hybridized carbons (Fsp3) is 0.455. The second-order valence-corrected chi connectivity index (χ2v) is 4.28. The molecule has 1 aromatic rings. The first-order valence-corrected chi connectivity index (χ1v) is 5.26. The summed E-state index contributed by atoms with van der Waals surface area (Å²) in [6, 6.07) is 7.08. The van der Waals surface area contributed by atoms with Crippen molar-refractivity contribution in [3.63, 3.8) is 0 Å². The standard InChI is InChI=1S/C11H14ClNO.ClH/c12-9-4-2-1-3-8(9)10(13)11(14)7-5-6-7;/h1-4,7,10-11,14H,5-6,13H2;1H/t10-,11+;/m0./s1. The molecule has 1 aromatic carbocycles. The molecule has 2 rings (SSSR count). The van der Waals surface area contributed by atoms with Gasteiger partial charge in [-0.1, -0.05) is 29.8 Å². The average Bonchev–Trinajstić information content (AvgIpc) is 3.00. The molecule has 0 spiro atoms. The van der Waals surface area contributed by atoms with Crippen LogP contribution in [-0.4, -0.2) is 11.2 Å². The molecule has 4 heteroatoms. The Morgan fingerprint density at radius 2 is 1.93 bits per heavy atom. The predicted octanol–water partition coefficient (Wildman–Crippen LogP) is 2.53. The second-order valence-electron chi connectivity index (χ2n) is 3.88. The van der Waals surface area contributed by atoms with Crippen molar-refractivity contribution < 1.29 is 5.11 Å². The van der Waals surface area contributed by atoms with Gasteiger partial charge in [0.2, 0.25) is 0 Å². The molecule has 1 aliphatic rings. The van der Waals surface area contributed by atoms with Gasteiger partial charge in [0.1, 0.15) is 0 Å². The van der Waals surface area contributed by atoms with Crippen LogP contribution in [0.25, 0.3) is 0 Å². The maximum absolute atomic E-state index is 9.85. The Morgan fingerprint density at radius 1 is 1.33 bits per heavy atom. The van der Waals surface area contributed by atoms with Crippen molar-refractivity contribution in [2.45, 2.75) is 25.0 Å². The molecule has 84 valence electrons. The number of aliphatic hydroxyl groups excluding tert-OH is 1. The highest BCUT2D eigenvalue weighted by atomic mass is 35.5. The lowest BCUT2D eigenvalue weighted by molar-refractivity contribution is 0.122. The third-order valence-corrected chi connectivity index (χ3v) is 3.08. The molecule has 0 radical (unpaired) electrons. The van der Waals surface area contributed by atoms with Gasteiger partial charge in [-0.25, -0.2) is 0 Å². The van der Waals surface area contributed by atoms with Gasteiger partial charge in [0.05, 0.1) is 12.1 Å². The van der Waals surface area contributed by atoms with Gasteiger partial charge >= 0.3 is 0 Å². The Morgan fingerprint density at radius 3 is 2.47 bits per heavy atom. The molecule has 15 heavy (non-hydrogen) atoms. The van der Waals surface area contributed by atoms with Crippen LogP contribution in [0.1, 0.15) is 24.4 Å². The number of benzene rings is 1. The molecular formula is C11H15Cl2NO. The number of aliphatic hydroxyl groups is 1. The van der Waals surface area contributed by atoms with E-state index in [0.29, 0.717) is 10.9 Å². The van der Waals surface area contributed by atoms with Crippen LogP contribution in [0.3, 0.4) is 0 Å². The van der Waals surface area contributed by atoms with Crippen molar-refractivity contribution in [1.29, 1.82) is 0 Å². The van der Waals surface area contributed by atoms with Gasteiger partial charge in [0, 0.05) is 5.02 Å². The lowest BCUT2D eigenvalue weighted by Crippen LogP contribution is -2.28. The van der Waals surface area contributed by atoms with Crippen LogP contribution in [-0.2, 0) is 0 Å². The largest absolute Gasteiger partial charge is 0.391 e. The highest BCUT2D eigenvalue weighted by molar-refractivity contribution is 6.31. The third kappa shape index (κ3) is 2.85. The summed E-state index contributed by atoms with van der Waals surface area (Å²) in [7, 11) is 0. The van der Waals surface area contributed by atoms with Crippen LogP contribution in [0.15, 0.2) is 24.3 Å². The van der Waals surface area contributed by atoms with E-state index in [4.69, 9.17) is 17.3 Å². The van der Waals surface area contributed by atoms with Crippen molar-refractivity contribution in [3.05, 3.63) is 34.9 Å². The van der Waals surface area contributed by atoms with E-state index in [1.807, 2.05) is 18.2 Å². The van der Waals surface area contributed by atoms with Crippen LogP contribution in [0.2, 0.25) is 5.02 Å². The summed E-state index contributed by atoms with van der Waals surface area (Å²) in [5.41, 5.74) is 6.79. The van der Waals surface area contributed by atoms with E-state index in [1.165, 1.54) is 0 Å². The van der Waals surface area contributed by atoms with Gasteiger partial charge < -0.3 is 10.8 Å². The van der Waals surface area contributed by atoms with E-state index in [-0.39, 0.29) is 18.4 Å². The summed E-state index contributed by atoms with van der Waals surface area (Å²) in [4.78, 5) is 0. The molecule has 0 bridgehead atoms. The SMILES string of the molecule is Cl.N[C@@H](c1ccccc1Cl)[C@H](O)C1CC1. The molecule has 1 fully saturated rings. The first-order chi connectivity index (χ1) is 6.70. The Bertz CT molecular complexity index is 328. The summed E-state index contributed by atoms with van der Waals surface area (Å²) in [6.45, 7) is 0. The highest BCUT2D eigenvalue weighted by Crippen LogP contribution is 2.38. The Kier molecular flexibility index (Phi) is 4.41. The van der Waals surface area contributed by atoms with Crippen molar-refractivity contribution in [1.82, 2.24) is 0 Å². The maximum atomic E-state index is 9.85. The normalized spacial score (nSPS) is 19.1. The summed E-state index contributed by atoms with van der Waals surface area (Å²) >= 11 is 6.00. The molecule has 0 aromatic heterocycles. The summed E-state index contributed by atoms with van der Waals surface area (Å²) in [5, 5.41) is 10.5. The monoisotopic (exact) mass is 247 g/mol. The van der Waals surface area contributed by atoms with Crippen molar-refractivity contribution >= 4 is 24.0 Å².